The van der Waals surface area contributed by atoms with Crippen molar-refractivity contribution in [2.75, 3.05) is 7.11 Å². The monoisotopic (exact) mass is 88.1 g/mol. The minimum atomic E-state index is -0.0324. The van der Waals surface area contributed by atoms with Crippen LogP contribution in [-0.4, -0.2) is 12.2 Å². The third kappa shape index (κ3) is 1.64. The van der Waals surface area contributed by atoms with Crippen molar-refractivity contribution in [2.24, 2.45) is 0 Å². The van der Waals surface area contributed by atoms with E-state index in [0.29, 0.717) is 0 Å². The quantitative estimate of drug-likeness (QED) is 0.485. The molecule has 0 bridgehead atoms. The average molecular weight is 88.1 g/mol. The molecule has 0 rings (SSSR count). The molecule has 0 amide bonds. The van der Waals surface area contributed by atoms with Gasteiger partial charge >= 0.3 is 0 Å². The Kier molecular flexibility index (Phi) is 2.29. The Labute approximate surface area is 37.1 Å². The Morgan fingerprint density at radius 1 is 1.83 bits per heavy atom. The Hall–Kier alpha value is -0.660. The maximum atomic E-state index is 8.31. The molecule has 2 nitrogen and oxygen atoms in total. The summed E-state index contributed by atoms with van der Waals surface area (Å²) in [5.41, 5.74) is 0. The van der Waals surface area contributed by atoms with E-state index in [2.05, 4.69) is 4.74 Å². The zero-order chi connectivity index (χ0) is 4.99. The second kappa shape index (κ2) is 2.57. The Morgan fingerprint density at radius 2 is 2.33 bits per heavy atom. The molecule has 0 saturated carbocycles. The van der Waals surface area contributed by atoms with Gasteiger partial charge in [0.1, 0.15) is 0 Å². The molecule has 0 spiro atoms. The molecule has 0 aliphatic carbocycles. The SMILES string of the molecule is CC=C(O)OC. The van der Waals surface area contributed by atoms with Gasteiger partial charge in [-0.15, -0.1) is 0 Å². The summed E-state index contributed by atoms with van der Waals surface area (Å²) in [6.07, 6.45) is 1.47. The van der Waals surface area contributed by atoms with Crippen molar-refractivity contribution in [1.29, 1.82) is 0 Å². The molecule has 0 aromatic heterocycles. The minimum absolute atomic E-state index is 0.0324. The molecule has 0 aromatic carbocycles. The molecule has 0 aromatic rings. The summed E-state index contributed by atoms with van der Waals surface area (Å²) in [6.45, 7) is 1.69. The smallest absolute Gasteiger partial charge is 0.271 e. The summed E-state index contributed by atoms with van der Waals surface area (Å²) in [7, 11) is 1.41. The molecule has 0 heterocycles. The molecule has 0 atom stereocenters. The predicted molar refractivity (Wildman–Crippen MR) is 23.4 cm³/mol. The summed E-state index contributed by atoms with van der Waals surface area (Å²) >= 11 is 0. The van der Waals surface area contributed by atoms with E-state index in [0.717, 1.165) is 0 Å². The van der Waals surface area contributed by atoms with E-state index in [1.807, 2.05) is 0 Å². The molecule has 1 N–H and O–H groups in total. The lowest BCUT2D eigenvalue weighted by molar-refractivity contribution is 0.135. The van der Waals surface area contributed by atoms with Crippen molar-refractivity contribution >= 4 is 0 Å². The molecular formula is C4H8O2. The second-order valence-corrected chi connectivity index (χ2v) is 0.831. The summed E-state index contributed by atoms with van der Waals surface area (Å²) in [4.78, 5) is 0. The molecule has 6 heavy (non-hydrogen) atoms. The van der Waals surface area contributed by atoms with Crippen LogP contribution in [0.2, 0.25) is 0 Å². The largest absolute Gasteiger partial charge is 0.481 e. The number of allylic oxidation sites excluding steroid dienone is 1. The minimum Gasteiger partial charge on any atom is -0.481 e. The summed E-state index contributed by atoms with van der Waals surface area (Å²) in [5, 5.41) is 8.31. The molecule has 36 valence electrons. The number of rotatable bonds is 1. The van der Waals surface area contributed by atoms with Crippen LogP contribution in [0.15, 0.2) is 12.0 Å². The van der Waals surface area contributed by atoms with Crippen molar-refractivity contribution < 1.29 is 9.84 Å². The second-order valence-electron chi connectivity index (χ2n) is 0.831. The van der Waals surface area contributed by atoms with Crippen LogP contribution in [0.5, 0.6) is 0 Å². The zero-order valence-electron chi connectivity index (χ0n) is 3.93. The van der Waals surface area contributed by atoms with E-state index >= 15 is 0 Å². The number of aliphatic hydroxyl groups excluding tert-OH is 1. The number of hydrogen-bond donors (Lipinski definition) is 1. The van der Waals surface area contributed by atoms with Crippen LogP contribution < -0.4 is 0 Å². The van der Waals surface area contributed by atoms with Crippen LogP contribution in [0.4, 0.5) is 0 Å². The van der Waals surface area contributed by atoms with E-state index in [4.69, 9.17) is 5.11 Å². The van der Waals surface area contributed by atoms with E-state index in [9.17, 15) is 0 Å². The van der Waals surface area contributed by atoms with Crippen LogP contribution in [0.3, 0.4) is 0 Å². The molecule has 0 aliphatic heterocycles. The van der Waals surface area contributed by atoms with Gasteiger partial charge < -0.3 is 9.84 Å². The fourth-order valence-corrected chi connectivity index (χ4v) is 0.118. The van der Waals surface area contributed by atoms with Crippen molar-refractivity contribution in [3.63, 3.8) is 0 Å². The van der Waals surface area contributed by atoms with Gasteiger partial charge in [0, 0.05) is 0 Å². The van der Waals surface area contributed by atoms with Gasteiger partial charge in [0.15, 0.2) is 0 Å². The van der Waals surface area contributed by atoms with Gasteiger partial charge in [0.25, 0.3) is 5.95 Å². The zero-order valence-corrected chi connectivity index (χ0v) is 3.93. The van der Waals surface area contributed by atoms with Crippen molar-refractivity contribution in [2.45, 2.75) is 6.92 Å². The molecule has 2 heteroatoms. The number of aliphatic hydroxyl groups is 1. The maximum Gasteiger partial charge on any atom is 0.271 e. The van der Waals surface area contributed by atoms with Gasteiger partial charge in [-0.05, 0) is 13.0 Å². The third-order valence-electron chi connectivity index (χ3n) is 0.456. The Bertz CT molecular complexity index is 56.6. The topological polar surface area (TPSA) is 29.5 Å². The summed E-state index contributed by atoms with van der Waals surface area (Å²) in [5.74, 6) is -0.0324. The molecule has 0 unspecified atom stereocenters. The normalized spacial score (nSPS) is 11.3. The van der Waals surface area contributed by atoms with Crippen molar-refractivity contribution in [3.8, 4) is 0 Å². The number of hydrogen-bond acceptors (Lipinski definition) is 2. The van der Waals surface area contributed by atoms with E-state index in [-0.39, 0.29) is 5.95 Å². The fraction of sp³-hybridized carbons (Fsp3) is 0.500. The summed E-state index contributed by atoms with van der Waals surface area (Å²) < 4.78 is 4.32. The van der Waals surface area contributed by atoms with Crippen LogP contribution in [0, 0.1) is 0 Å². The summed E-state index contributed by atoms with van der Waals surface area (Å²) in [6, 6.07) is 0. The highest BCUT2D eigenvalue weighted by atomic mass is 16.6. The first-order valence-electron chi connectivity index (χ1n) is 1.70. The number of methoxy groups -OCH3 is 1. The van der Waals surface area contributed by atoms with Gasteiger partial charge in [-0.25, -0.2) is 0 Å². The van der Waals surface area contributed by atoms with Crippen LogP contribution in [0.25, 0.3) is 0 Å². The van der Waals surface area contributed by atoms with Gasteiger partial charge in [-0.3, -0.25) is 0 Å². The van der Waals surface area contributed by atoms with Gasteiger partial charge in [0.05, 0.1) is 7.11 Å². The van der Waals surface area contributed by atoms with Gasteiger partial charge in [0.2, 0.25) is 0 Å². The van der Waals surface area contributed by atoms with Gasteiger partial charge in [-0.2, -0.15) is 0 Å². The lowest BCUT2D eigenvalue weighted by atomic mass is 10.7. The highest BCUT2D eigenvalue weighted by Crippen LogP contribution is 1.82. The maximum absolute atomic E-state index is 8.31. The highest BCUT2D eigenvalue weighted by Gasteiger charge is 1.75. The van der Waals surface area contributed by atoms with Gasteiger partial charge in [-0.1, -0.05) is 0 Å². The Morgan fingerprint density at radius 3 is 2.33 bits per heavy atom. The molecule has 0 aliphatic rings. The lowest BCUT2D eigenvalue weighted by Crippen LogP contribution is -1.78. The number of ether oxygens (including phenoxy) is 1. The average Bonchev–Trinajstić information content (AvgIpc) is 1.65. The van der Waals surface area contributed by atoms with Crippen molar-refractivity contribution in [3.05, 3.63) is 12.0 Å². The first-order chi connectivity index (χ1) is 2.81. The van der Waals surface area contributed by atoms with Crippen LogP contribution >= 0.6 is 0 Å². The first kappa shape index (κ1) is 5.34. The molecule has 0 radical (unpaired) electrons. The lowest BCUT2D eigenvalue weighted by Gasteiger charge is -1.89. The van der Waals surface area contributed by atoms with E-state index in [1.54, 1.807) is 6.92 Å². The standard InChI is InChI=1S/C4H8O2/c1-3-4(5)6-2/h3,5H,1-2H3. The highest BCUT2D eigenvalue weighted by molar-refractivity contribution is 4.74. The molecule has 0 saturated heterocycles. The molecular weight excluding hydrogens is 80.0 g/mol. The van der Waals surface area contributed by atoms with Crippen molar-refractivity contribution in [1.82, 2.24) is 0 Å². The predicted octanol–water partition coefficient (Wildman–Crippen LogP) is 1.05. The van der Waals surface area contributed by atoms with Crippen LogP contribution in [0.1, 0.15) is 6.92 Å². The fourth-order valence-electron chi connectivity index (χ4n) is 0.118. The first-order valence-corrected chi connectivity index (χ1v) is 1.70. The molecule has 0 fully saturated rings. The van der Waals surface area contributed by atoms with E-state index in [1.165, 1.54) is 13.2 Å². The Balaban J connectivity index is 3.22. The van der Waals surface area contributed by atoms with Crippen LogP contribution in [-0.2, 0) is 4.74 Å². The van der Waals surface area contributed by atoms with E-state index < -0.39 is 0 Å². The third-order valence-corrected chi connectivity index (χ3v) is 0.456.